The van der Waals surface area contributed by atoms with Gasteiger partial charge in [-0.05, 0) is 0 Å². The lowest BCUT2D eigenvalue weighted by Gasteiger charge is -1.61. The summed E-state index contributed by atoms with van der Waals surface area (Å²) in [5.41, 5.74) is 0. The Kier molecular flexibility index (Phi) is 4.81. The smallest absolute Gasteiger partial charge is 0.0842 e. The second-order valence-electron chi connectivity index (χ2n) is 0.689. The van der Waals surface area contributed by atoms with Crippen LogP contribution in [0.3, 0.4) is 0 Å². The quantitative estimate of drug-likeness (QED) is 0.357. The summed E-state index contributed by atoms with van der Waals surface area (Å²) in [4.78, 5) is 0. The highest BCUT2D eigenvalue weighted by atomic mass is 79.9. The zero-order valence-corrected chi connectivity index (χ0v) is 7.21. The zero-order valence-electron chi connectivity index (χ0n) is 2.79. The van der Waals surface area contributed by atoms with Crippen LogP contribution in [0.2, 0.25) is 6.55 Å². The molecule has 0 N–H and O–H groups in total. The highest BCUT2D eigenvalue weighted by Crippen LogP contribution is 1.64. The van der Waals surface area contributed by atoms with E-state index < -0.39 is 0 Å². The van der Waals surface area contributed by atoms with Crippen molar-refractivity contribution < 1.29 is 0 Å². The normalized spacial score (nSPS) is 13.5. The number of hydrogen-bond donors (Lipinski definition) is 0. The van der Waals surface area contributed by atoms with Gasteiger partial charge in [0.2, 0.25) is 0 Å². The van der Waals surface area contributed by atoms with E-state index in [0.717, 1.165) is 0 Å². The molecule has 0 saturated carbocycles. The summed E-state index contributed by atoms with van der Waals surface area (Å²) >= 11 is 3.45. The minimum absolute atomic E-state index is 0.376. The van der Waals surface area contributed by atoms with Crippen LogP contribution in [0.25, 0.3) is 0 Å². The van der Waals surface area contributed by atoms with Crippen molar-refractivity contribution in [3.8, 4) is 0 Å². The van der Waals surface area contributed by atoms with Crippen LogP contribution in [0.1, 0.15) is 0 Å². The maximum Gasteiger partial charge on any atom is 0.0842 e. The Morgan fingerprint density at radius 2 is 2.00 bits per heavy atom. The number of halogens is 1. The lowest BCUT2D eigenvalue weighted by Crippen LogP contribution is -1.82. The van der Waals surface area contributed by atoms with E-state index in [9.17, 15) is 0 Å². The van der Waals surface area contributed by atoms with Crippen LogP contribution < -0.4 is 0 Å². The molecule has 0 aliphatic carbocycles. The van der Waals surface area contributed by atoms with Gasteiger partial charge in [-0.2, -0.15) is 0 Å². The van der Waals surface area contributed by atoms with Crippen molar-refractivity contribution >= 4 is 32.0 Å². The monoisotopic (exact) mass is 154 g/mol. The first-order chi connectivity index (χ1) is 1.91. The van der Waals surface area contributed by atoms with E-state index in [4.69, 9.17) is 0 Å². The van der Waals surface area contributed by atoms with Crippen LogP contribution in [0.15, 0.2) is 0 Å². The Hall–Kier alpha value is 0.914. The van der Waals surface area contributed by atoms with Crippen molar-refractivity contribution in [3.63, 3.8) is 0 Å². The molecule has 0 aromatic rings. The van der Waals surface area contributed by atoms with Crippen molar-refractivity contribution in [3.05, 3.63) is 0 Å². The summed E-state index contributed by atoms with van der Waals surface area (Å²) in [6.45, 7) is 2.33. The summed E-state index contributed by atoms with van der Waals surface area (Å²) in [6, 6.07) is 0. The van der Waals surface area contributed by atoms with E-state index in [-0.39, 0.29) is 0 Å². The summed E-state index contributed by atoms with van der Waals surface area (Å²) in [5.74, 6) is 0. The molecule has 3 heteroatoms. The summed E-state index contributed by atoms with van der Waals surface area (Å²) in [5, 5.41) is 0. The molecule has 0 amide bonds. The van der Waals surface area contributed by atoms with Crippen molar-refractivity contribution in [1.29, 1.82) is 0 Å². The van der Waals surface area contributed by atoms with Gasteiger partial charge in [-0.15, -0.1) is 15.3 Å². The highest BCUT2D eigenvalue weighted by Gasteiger charge is 1.63. The van der Waals surface area contributed by atoms with Crippen molar-refractivity contribution in [2.24, 2.45) is 0 Å². The van der Waals surface area contributed by atoms with E-state index in [0.29, 0.717) is 16.7 Å². The van der Waals surface area contributed by atoms with Crippen LogP contribution >= 0.6 is 15.3 Å². The van der Waals surface area contributed by atoms with Gasteiger partial charge in [0.1, 0.15) is 0 Å². The Balaban J connectivity index is 1.97. The SMILES string of the molecule is C[SiH2][SiH2]Br. The molecule has 0 heterocycles. The van der Waals surface area contributed by atoms with Crippen molar-refractivity contribution in [2.75, 3.05) is 0 Å². The van der Waals surface area contributed by atoms with Crippen LogP contribution in [-0.4, -0.2) is 16.7 Å². The molecule has 0 rings (SSSR count). The lowest BCUT2D eigenvalue weighted by molar-refractivity contribution is 2.37. The molecule has 26 valence electrons. The molecule has 0 nitrogen and oxygen atoms in total. The third-order valence-electron chi connectivity index (χ3n) is 0.189. The first-order valence-electron chi connectivity index (χ1n) is 1.47. The van der Waals surface area contributed by atoms with Gasteiger partial charge < -0.3 is 0 Å². The van der Waals surface area contributed by atoms with Crippen molar-refractivity contribution in [2.45, 2.75) is 6.55 Å². The second kappa shape index (κ2) is 3.91. The fourth-order valence-electron chi connectivity index (χ4n) is 0. The van der Waals surface area contributed by atoms with Gasteiger partial charge in [-0.3, -0.25) is 0 Å². The Labute approximate surface area is 39.0 Å². The molecule has 0 saturated heterocycles. The predicted octanol–water partition coefficient (Wildman–Crippen LogP) is -0.403. The molecule has 4 heavy (non-hydrogen) atoms. The minimum Gasteiger partial charge on any atom is -0.139 e. The third kappa shape index (κ3) is 2.91. The van der Waals surface area contributed by atoms with E-state index in [1.54, 1.807) is 0 Å². The average Bonchev–Trinajstić information content (AvgIpc) is 1.37. The Morgan fingerprint density at radius 1 is 1.75 bits per heavy atom. The molecular weight excluding hydrogens is 148 g/mol. The van der Waals surface area contributed by atoms with Gasteiger partial charge in [-0.25, -0.2) is 0 Å². The maximum absolute atomic E-state index is 3.45. The molecule has 0 spiro atoms. The Morgan fingerprint density at radius 3 is 2.00 bits per heavy atom. The minimum atomic E-state index is 0.376. The molecule has 0 fully saturated rings. The number of hydrogen-bond acceptors (Lipinski definition) is 0. The largest absolute Gasteiger partial charge is 0.139 e. The predicted molar refractivity (Wildman–Crippen MR) is 31.9 cm³/mol. The van der Waals surface area contributed by atoms with E-state index in [1.165, 1.54) is 0 Å². The average molecular weight is 155 g/mol. The maximum atomic E-state index is 3.45. The molecule has 0 aromatic heterocycles. The van der Waals surface area contributed by atoms with Gasteiger partial charge in [0.15, 0.2) is 0 Å². The molecule has 0 aliphatic heterocycles. The third-order valence-corrected chi connectivity index (χ3v) is 8.84. The highest BCUT2D eigenvalue weighted by molar-refractivity contribution is 9.24. The van der Waals surface area contributed by atoms with Gasteiger partial charge in [-0.1, -0.05) is 6.55 Å². The second-order valence-corrected chi connectivity index (χ2v) is 13.3. The van der Waals surface area contributed by atoms with Crippen LogP contribution in [0.4, 0.5) is 0 Å². The molecule has 0 aromatic carbocycles. The van der Waals surface area contributed by atoms with Crippen LogP contribution in [-0.2, 0) is 0 Å². The van der Waals surface area contributed by atoms with Crippen LogP contribution in [0, 0.1) is 0 Å². The van der Waals surface area contributed by atoms with E-state index in [2.05, 4.69) is 21.8 Å². The van der Waals surface area contributed by atoms with Gasteiger partial charge >= 0.3 is 0 Å². The zero-order chi connectivity index (χ0) is 3.41. The number of rotatable bonds is 1. The standard InChI is InChI=1S/CH7BrSi2/c1-3-4-2/h3-4H2,1H3. The molecule has 0 atom stereocenters. The van der Waals surface area contributed by atoms with Gasteiger partial charge in [0, 0.05) is 9.04 Å². The van der Waals surface area contributed by atoms with Gasteiger partial charge in [0.05, 0.1) is 7.66 Å². The first kappa shape index (κ1) is 4.91. The fraction of sp³-hybridized carbons (Fsp3) is 1.00. The van der Waals surface area contributed by atoms with E-state index >= 15 is 0 Å². The molecular formula is CH7BrSi2. The topological polar surface area (TPSA) is 0 Å². The first-order valence-corrected chi connectivity index (χ1v) is 10.8. The molecule has 0 unspecified atom stereocenters. The molecule has 0 radical (unpaired) electrons. The van der Waals surface area contributed by atoms with E-state index in [1.807, 2.05) is 0 Å². The summed E-state index contributed by atoms with van der Waals surface area (Å²) in [7, 11) is 0.856. The fourth-order valence-corrected chi connectivity index (χ4v) is 0. The van der Waals surface area contributed by atoms with Gasteiger partial charge in [0.25, 0.3) is 0 Å². The van der Waals surface area contributed by atoms with Crippen LogP contribution in [0.5, 0.6) is 0 Å². The summed E-state index contributed by atoms with van der Waals surface area (Å²) < 4.78 is 0. The molecule has 0 bridgehead atoms. The summed E-state index contributed by atoms with van der Waals surface area (Å²) in [6.07, 6.45) is 0. The Bertz CT molecular complexity index is 8.00. The van der Waals surface area contributed by atoms with Crippen molar-refractivity contribution in [1.82, 2.24) is 0 Å². The molecule has 0 aliphatic rings. The lowest BCUT2D eigenvalue weighted by atomic mass is 11.9.